The van der Waals surface area contributed by atoms with Crippen LogP contribution in [-0.4, -0.2) is 4.57 Å². The van der Waals surface area contributed by atoms with E-state index in [1.54, 1.807) is 0 Å². The van der Waals surface area contributed by atoms with E-state index in [1.807, 2.05) is 0 Å². The summed E-state index contributed by atoms with van der Waals surface area (Å²) in [6.45, 7) is 4.82. The molecule has 0 aliphatic heterocycles. The van der Waals surface area contributed by atoms with Crippen molar-refractivity contribution in [2.75, 3.05) is 4.90 Å². The second-order valence-electron chi connectivity index (χ2n) is 15.8. The molecule has 57 heavy (non-hydrogen) atoms. The summed E-state index contributed by atoms with van der Waals surface area (Å²) >= 11 is 0. The highest BCUT2D eigenvalue weighted by molar-refractivity contribution is 6.17. The first-order valence-corrected chi connectivity index (χ1v) is 19.9. The van der Waals surface area contributed by atoms with Crippen molar-refractivity contribution in [1.29, 1.82) is 0 Å². The lowest BCUT2D eigenvalue weighted by atomic mass is 9.81. The van der Waals surface area contributed by atoms with E-state index in [0.717, 1.165) is 22.6 Å². The maximum atomic E-state index is 2.56. The largest absolute Gasteiger partial charge is 0.311 e. The first kappa shape index (κ1) is 33.2. The van der Waals surface area contributed by atoms with E-state index >= 15 is 0 Å². The topological polar surface area (TPSA) is 8.17 Å². The van der Waals surface area contributed by atoms with Crippen LogP contribution in [0.3, 0.4) is 0 Å². The van der Waals surface area contributed by atoms with Gasteiger partial charge in [0.05, 0.1) is 16.7 Å². The van der Waals surface area contributed by atoms with E-state index in [0.29, 0.717) is 0 Å². The third kappa shape index (κ3) is 5.25. The Labute approximate surface area is 333 Å². The molecule has 9 aromatic carbocycles. The molecule has 11 rings (SSSR count). The quantitative estimate of drug-likeness (QED) is 0.122. The fourth-order valence-electron chi connectivity index (χ4n) is 9.46. The number of hydrogen-bond donors (Lipinski definition) is 0. The standard InChI is InChI=1S/C55H40N2/c1-55(2)50-35-38(26-25-37-27-30-42(31-28-37)56(40-16-5-3-6-17-40)41-18-7-4-8-19-41)29-32-45(50)48-33-34-49-47-23-13-14-24-51(47)57(54(49)53(48)55)52-36-39-15-9-10-20-43(39)44-21-11-12-22-46(44)52/h3-36H,1-2H3/b26-25+. The molecule has 2 nitrogen and oxygen atoms in total. The Morgan fingerprint density at radius 1 is 0.439 bits per heavy atom. The minimum atomic E-state index is -0.229. The summed E-state index contributed by atoms with van der Waals surface area (Å²) in [5, 5.41) is 7.66. The minimum absolute atomic E-state index is 0.229. The Morgan fingerprint density at radius 2 is 1.00 bits per heavy atom. The molecule has 10 aromatic rings. The van der Waals surface area contributed by atoms with Gasteiger partial charge in [-0.2, -0.15) is 0 Å². The van der Waals surface area contributed by atoms with Gasteiger partial charge in [-0.1, -0.05) is 172 Å². The van der Waals surface area contributed by atoms with Gasteiger partial charge in [-0.15, -0.1) is 0 Å². The first-order valence-electron chi connectivity index (χ1n) is 19.9. The van der Waals surface area contributed by atoms with Crippen LogP contribution in [0.25, 0.3) is 72.3 Å². The predicted octanol–water partition coefficient (Wildman–Crippen LogP) is 15.0. The fraction of sp³-hybridized carbons (Fsp3) is 0.0545. The molecule has 0 spiro atoms. The molecular formula is C55H40N2. The average molecular weight is 729 g/mol. The Kier molecular flexibility index (Phi) is 7.55. The number of benzene rings is 9. The van der Waals surface area contributed by atoms with E-state index < -0.39 is 0 Å². The van der Waals surface area contributed by atoms with Crippen molar-refractivity contribution in [3.05, 3.63) is 216 Å². The highest BCUT2D eigenvalue weighted by atomic mass is 15.1. The summed E-state index contributed by atoms with van der Waals surface area (Å²) in [6, 6.07) is 70.7. The van der Waals surface area contributed by atoms with Crippen molar-refractivity contribution in [3.63, 3.8) is 0 Å². The summed E-state index contributed by atoms with van der Waals surface area (Å²) in [5.41, 5.74) is 14.7. The number of aromatic nitrogens is 1. The number of para-hydroxylation sites is 3. The lowest BCUT2D eigenvalue weighted by molar-refractivity contribution is 0.664. The fourth-order valence-corrected chi connectivity index (χ4v) is 9.46. The number of hydrogen-bond acceptors (Lipinski definition) is 1. The maximum Gasteiger partial charge on any atom is 0.0588 e. The minimum Gasteiger partial charge on any atom is -0.311 e. The van der Waals surface area contributed by atoms with Crippen LogP contribution >= 0.6 is 0 Å². The lowest BCUT2D eigenvalue weighted by Gasteiger charge is -2.25. The second kappa shape index (κ2) is 13.0. The highest BCUT2D eigenvalue weighted by Crippen LogP contribution is 2.53. The van der Waals surface area contributed by atoms with E-state index in [9.17, 15) is 0 Å². The van der Waals surface area contributed by atoms with Crippen molar-refractivity contribution in [2.45, 2.75) is 19.3 Å². The van der Waals surface area contributed by atoms with Crippen LogP contribution < -0.4 is 4.90 Å². The van der Waals surface area contributed by atoms with E-state index in [2.05, 4.69) is 230 Å². The third-order valence-corrected chi connectivity index (χ3v) is 12.1. The normalized spacial score (nSPS) is 13.2. The van der Waals surface area contributed by atoms with Gasteiger partial charge in [0, 0.05) is 38.6 Å². The highest BCUT2D eigenvalue weighted by Gasteiger charge is 2.39. The van der Waals surface area contributed by atoms with Crippen LogP contribution in [0.2, 0.25) is 0 Å². The van der Waals surface area contributed by atoms with Gasteiger partial charge < -0.3 is 9.47 Å². The van der Waals surface area contributed by atoms with Crippen LogP contribution in [0.5, 0.6) is 0 Å². The van der Waals surface area contributed by atoms with Gasteiger partial charge in [-0.05, 0) is 98.1 Å². The Bertz CT molecular complexity index is 3150. The van der Waals surface area contributed by atoms with Crippen molar-refractivity contribution in [1.82, 2.24) is 4.57 Å². The molecule has 2 heteroatoms. The van der Waals surface area contributed by atoms with Gasteiger partial charge in [0.15, 0.2) is 0 Å². The average Bonchev–Trinajstić information content (AvgIpc) is 3.71. The molecule has 1 aliphatic rings. The molecule has 1 aliphatic carbocycles. The lowest BCUT2D eigenvalue weighted by Crippen LogP contribution is -2.16. The maximum absolute atomic E-state index is 2.56. The zero-order valence-electron chi connectivity index (χ0n) is 32.0. The number of nitrogens with zero attached hydrogens (tertiary/aromatic N) is 2. The molecule has 0 unspecified atom stereocenters. The molecule has 0 saturated carbocycles. The number of rotatable bonds is 6. The predicted molar refractivity (Wildman–Crippen MR) is 243 cm³/mol. The smallest absolute Gasteiger partial charge is 0.0588 e. The monoisotopic (exact) mass is 728 g/mol. The Morgan fingerprint density at radius 3 is 1.74 bits per heavy atom. The molecule has 0 N–H and O–H groups in total. The van der Waals surface area contributed by atoms with Gasteiger partial charge in [-0.3, -0.25) is 0 Å². The van der Waals surface area contributed by atoms with Crippen molar-refractivity contribution < 1.29 is 0 Å². The van der Waals surface area contributed by atoms with Gasteiger partial charge in [-0.25, -0.2) is 0 Å². The van der Waals surface area contributed by atoms with Crippen LogP contribution in [0, 0.1) is 0 Å². The van der Waals surface area contributed by atoms with Crippen LogP contribution in [0.15, 0.2) is 194 Å². The molecule has 1 heterocycles. The summed E-state index contributed by atoms with van der Waals surface area (Å²) in [6.07, 6.45) is 4.49. The second-order valence-corrected chi connectivity index (χ2v) is 15.8. The Hall–Kier alpha value is -7.16. The van der Waals surface area contributed by atoms with Gasteiger partial charge >= 0.3 is 0 Å². The van der Waals surface area contributed by atoms with E-state index in [-0.39, 0.29) is 5.41 Å². The van der Waals surface area contributed by atoms with Crippen molar-refractivity contribution in [3.8, 4) is 16.8 Å². The molecule has 0 fully saturated rings. The van der Waals surface area contributed by atoms with Gasteiger partial charge in [0.1, 0.15) is 0 Å². The Balaban J connectivity index is 1.00. The van der Waals surface area contributed by atoms with Crippen LogP contribution in [-0.2, 0) is 5.41 Å². The van der Waals surface area contributed by atoms with Gasteiger partial charge in [0.25, 0.3) is 0 Å². The van der Waals surface area contributed by atoms with Crippen LogP contribution in [0.4, 0.5) is 17.1 Å². The summed E-state index contributed by atoms with van der Waals surface area (Å²) in [4.78, 5) is 2.30. The zero-order chi connectivity index (χ0) is 38.1. The molecule has 0 saturated heterocycles. The molecular weight excluding hydrogens is 689 g/mol. The molecule has 0 bridgehead atoms. The number of anilines is 3. The summed E-state index contributed by atoms with van der Waals surface area (Å²) < 4.78 is 2.56. The van der Waals surface area contributed by atoms with Crippen LogP contribution in [0.1, 0.15) is 36.1 Å². The number of fused-ring (bicyclic) bond motifs is 10. The summed E-state index contributed by atoms with van der Waals surface area (Å²) in [5.74, 6) is 0. The van der Waals surface area contributed by atoms with Gasteiger partial charge in [0.2, 0.25) is 0 Å². The SMILES string of the molecule is CC1(C)c2cc(/C=C/c3ccc(N(c4ccccc4)c4ccccc4)cc3)ccc2-c2ccc3c4ccccc4n(-c4cc5ccccc5c5ccccc45)c3c21. The summed E-state index contributed by atoms with van der Waals surface area (Å²) in [7, 11) is 0. The molecule has 270 valence electrons. The molecule has 0 radical (unpaired) electrons. The molecule has 0 amide bonds. The molecule has 0 atom stereocenters. The zero-order valence-corrected chi connectivity index (χ0v) is 32.0. The van der Waals surface area contributed by atoms with Crippen molar-refractivity contribution >= 4 is 72.6 Å². The van der Waals surface area contributed by atoms with E-state index in [1.165, 1.54) is 76.9 Å². The van der Waals surface area contributed by atoms with E-state index in [4.69, 9.17) is 0 Å². The first-order chi connectivity index (χ1) is 28.0. The van der Waals surface area contributed by atoms with Crippen molar-refractivity contribution in [2.24, 2.45) is 0 Å². The third-order valence-electron chi connectivity index (χ3n) is 12.1. The molecule has 1 aromatic heterocycles.